The van der Waals surface area contributed by atoms with Gasteiger partial charge in [0.1, 0.15) is 24.2 Å². The first-order valence-corrected chi connectivity index (χ1v) is 8.50. The minimum absolute atomic E-state index is 0.0607. The molecule has 1 unspecified atom stereocenters. The number of aliphatic hydroxyl groups is 1. The number of fused-ring (bicyclic) bond motifs is 5. The molecule has 23 heavy (non-hydrogen) atoms. The third-order valence-corrected chi connectivity index (χ3v) is 5.50. The molecule has 124 valence electrons. The fourth-order valence-corrected chi connectivity index (χ4v) is 4.37. The Balaban J connectivity index is 1.42. The second-order valence-electron chi connectivity index (χ2n) is 6.71. The lowest BCUT2D eigenvalue weighted by Crippen LogP contribution is -2.50. The quantitative estimate of drug-likeness (QED) is 0.655. The Morgan fingerprint density at radius 3 is 2.52 bits per heavy atom. The molecule has 5 heteroatoms. The number of carbonyl (C=O) groups is 1. The van der Waals surface area contributed by atoms with Crippen molar-refractivity contribution in [2.75, 3.05) is 13.2 Å². The monoisotopic (exact) mass is 317 g/mol. The fraction of sp³-hybridized carbons (Fsp3) is 0.611. The fourth-order valence-electron chi connectivity index (χ4n) is 4.37. The summed E-state index contributed by atoms with van der Waals surface area (Å²) in [4.78, 5) is 15.0. The number of likely N-dealkylation sites (N-methyl/N-ethyl adjacent to an activating group) is 1. The van der Waals surface area contributed by atoms with Crippen LogP contribution in [0, 0.1) is 0 Å². The zero-order chi connectivity index (χ0) is 16.0. The van der Waals surface area contributed by atoms with Crippen LogP contribution in [0.15, 0.2) is 30.3 Å². The van der Waals surface area contributed by atoms with Crippen molar-refractivity contribution in [1.82, 2.24) is 4.90 Å². The summed E-state index contributed by atoms with van der Waals surface area (Å²) in [6.45, 7) is 2.97. The van der Waals surface area contributed by atoms with Gasteiger partial charge in [-0.3, -0.25) is 9.69 Å². The Hall–Kier alpha value is -1.43. The van der Waals surface area contributed by atoms with Gasteiger partial charge in [0.15, 0.2) is 0 Å². The number of aliphatic hydroxyl groups excluding tert-OH is 1. The maximum absolute atomic E-state index is 12.5. The highest BCUT2D eigenvalue weighted by atomic mass is 16.6. The van der Waals surface area contributed by atoms with Crippen LogP contribution in [0.3, 0.4) is 0 Å². The zero-order valence-corrected chi connectivity index (χ0v) is 13.3. The molecule has 0 aromatic heterocycles. The molecule has 6 atom stereocenters. The van der Waals surface area contributed by atoms with E-state index in [-0.39, 0.29) is 18.7 Å². The SMILES string of the molecule is CCN1[C@@H]2CC(OC(=O)[C@H](CO)c3ccccc3)C[C@H]1[C@@H]1O[C@@H]12. The third-order valence-electron chi connectivity index (χ3n) is 5.50. The Morgan fingerprint density at radius 2 is 1.96 bits per heavy atom. The van der Waals surface area contributed by atoms with Crippen LogP contribution in [-0.2, 0) is 14.3 Å². The second-order valence-corrected chi connectivity index (χ2v) is 6.71. The van der Waals surface area contributed by atoms with Gasteiger partial charge in [0.25, 0.3) is 0 Å². The first-order chi connectivity index (χ1) is 11.2. The number of carbonyl (C=O) groups excluding carboxylic acids is 1. The summed E-state index contributed by atoms with van der Waals surface area (Å²) < 4.78 is 11.5. The van der Waals surface area contributed by atoms with Crippen molar-refractivity contribution in [3.8, 4) is 0 Å². The van der Waals surface area contributed by atoms with E-state index in [2.05, 4.69) is 11.8 Å². The number of piperidine rings is 1. The molecule has 3 aliphatic rings. The van der Waals surface area contributed by atoms with Gasteiger partial charge in [-0.05, 0) is 12.1 Å². The second kappa shape index (κ2) is 5.89. The van der Waals surface area contributed by atoms with Gasteiger partial charge >= 0.3 is 5.97 Å². The van der Waals surface area contributed by atoms with Gasteiger partial charge in [-0.25, -0.2) is 0 Å². The van der Waals surface area contributed by atoms with E-state index in [1.807, 2.05) is 30.3 Å². The van der Waals surface area contributed by atoms with Crippen molar-refractivity contribution in [3.05, 3.63) is 35.9 Å². The minimum Gasteiger partial charge on any atom is -0.462 e. The summed E-state index contributed by atoms with van der Waals surface area (Å²) in [5.74, 6) is -0.911. The standard InChI is InChI=1S/C18H23NO4/c1-2-19-14-8-12(9-15(19)17-16(14)23-17)22-18(21)13(10-20)11-6-4-3-5-7-11/h3-7,12-17,20H,2,8-10H2,1H3/t12?,13-,14-,15+,16-,17+/m1/s1. The van der Waals surface area contributed by atoms with E-state index in [0.29, 0.717) is 24.3 Å². The van der Waals surface area contributed by atoms with Crippen molar-refractivity contribution in [3.63, 3.8) is 0 Å². The highest BCUT2D eigenvalue weighted by Gasteiger charge is 2.63. The van der Waals surface area contributed by atoms with Crippen molar-refractivity contribution in [2.45, 2.75) is 56.1 Å². The van der Waals surface area contributed by atoms with E-state index < -0.39 is 5.92 Å². The molecule has 0 saturated carbocycles. The Bertz CT molecular complexity index is 560. The van der Waals surface area contributed by atoms with Crippen molar-refractivity contribution in [2.24, 2.45) is 0 Å². The van der Waals surface area contributed by atoms with Gasteiger partial charge in [-0.2, -0.15) is 0 Å². The summed E-state index contributed by atoms with van der Waals surface area (Å²) in [6, 6.07) is 10.1. The third kappa shape index (κ3) is 2.57. The summed E-state index contributed by atoms with van der Waals surface area (Å²) in [5, 5.41) is 9.60. The highest BCUT2D eigenvalue weighted by Crippen LogP contribution is 2.48. The number of rotatable bonds is 5. The zero-order valence-electron chi connectivity index (χ0n) is 13.3. The molecular formula is C18H23NO4. The van der Waals surface area contributed by atoms with Crippen LogP contribution in [0.4, 0.5) is 0 Å². The molecule has 1 N–H and O–H groups in total. The summed E-state index contributed by atoms with van der Waals surface area (Å²) in [7, 11) is 0. The number of esters is 1. The molecule has 3 fully saturated rings. The smallest absolute Gasteiger partial charge is 0.316 e. The molecule has 0 amide bonds. The average molecular weight is 317 g/mol. The number of benzene rings is 1. The van der Waals surface area contributed by atoms with Gasteiger partial charge in [-0.15, -0.1) is 0 Å². The van der Waals surface area contributed by atoms with Gasteiger partial charge in [-0.1, -0.05) is 37.3 Å². The molecule has 4 rings (SSSR count). The van der Waals surface area contributed by atoms with Crippen molar-refractivity contribution < 1.29 is 19.4 Å². The average Bonchev–Trinajstić information content (AvgIpc) is 3.32. The molecular weight excluding hydrogens is 294 g/mol. The Kier molecular flexibility index (Phi) is 3.87. The predicted octanol–water partition coefficient (Wildman–Crippen LogP) is 1.31. The topological polar surface area (TPSA) is 62.3 Å². The normalized spacial score (nSPS) is 36.3. The number of ether oxygens (including phenoxy) is 2. The van der Waals surface area contributed by atoms with E-state index in [9.17, 15) is 9.90 Å². The lowest BCUT2D eigenvalue weighted by molar-refractivity contribution is -0.157. The van der Waals surface area contributed by atoms with E-state index in [1.165, 1.54) is 0 Å². The maximum Gasteiger partial charge on any atom is 0.316 e. The van der Waals surface area contributed by atoms with Gasteiger partial charge in [0.2, 0.25) is 0 Å². The van der Waals surface area contributed by atoms with E-state index in [4.69, 9.17) is 9.47 Å². The van der Waals surface area contributed by atoms with Crippen LogP contribution >= 0.6 is 0 Å². The van der Waals surface area contributed by atoms with E-state index in [1.54, 1.807) is 0 Å². The molecule has 0 radical (unpaired) electrons. The van der Waals surface area contributed by atoms with Crippen LogP contribution in [0.1, 0.15) is 31.2 Å². The summed E-state index contributed by atoms with van der Waals surface area (Å²) in [5.41, 5.74) is 0.806. The predicted molar refractivity (Wildman–Crippen MR) is 84.0 cm³/mol. The maximum atomic E-state index is 12.5. The number of hydrogen-bond acceptors (Lipinski definition) is 5. The summed E-state index contributed by atoms with van der Waals surface area (Å²) >= 11 is 0. The molecule has 2 bridgehead atoms. The van der Waals surface area contributed by atoms with Gasteiger partial charge in [0, 0.05) is 24.9 Å². The first-order valence-electron chi connectivity index (χ1n) is 8.50. The largest absolute Gasteiger partial charge is 0.462 e. The lowest BCUT2D eigenvalue weighted by Gasteiger charge is -2.40. The molecule has 3 saturated heterocycles. The number of morpholine rings is 1. The Labute approximate surface area is 136 Å². The lowest BCUT2D eigenvalue weighted by atomic mass is 9.97. The highest BCUT2D eigenvalue weighted by molar-refractivity contribution is 5.78. The van der Waals surface area contributed by atoms with Crippen molar-refractivity contribution in [1.29, 1.82) is 0 Å². The van der Waals surface area contributed by atoms with Crippen LogP contribution in [0.25, 0.3) is 0 Å². The summed E-state index contributed by atoms with van der Waals surface area (Å²) in [6.07, 6.45) is 2.29. The number of hydrogen-bond donors (Lipinski definition) is 1. The van der Waals surface area contributed by atoms with E-state index >= 15 is 0 Å². The molecule has 3 heterocycles. The minimum atomic E-state index is -0.594. The number of nitrogens with zero attached hydrogens (tertiary/aromatic N) is 1. The Morgan fingerprint density at radius 1 is 1.30 bits per heavy atom. The molecule has 5 nitrogen and oxygen atoms in total. The van der Waals surface area contributed by atoms with Crippen LogP contribution in [0.2, 0.25) is 0 Å². The van der Waals surface area contributed by atoms with Gasteiger partial charge in [0.05, 0.1) is 6.61 Å². The molecule has 0 spiro atoms. The first kappa shape index (κ1) is 15.1. The van der Waals surface area contributed by atoms with Crippen LogP contribution < -0.4 is 0 Å². The van der Waals surface area contributed by atoms with E-state index in [0.717, 1.165) is 24.9 Å². The van der Waals surface area contributed by atoms with Gasteiger partial charge < -0.3 is 14.6 Å². The number of epoxide rings is 1. The molecule has 0 aliphatic carbocycles. The van der Waals surface area contributed by atoms with Crippen LogP contribution in [0.5, 0.6) is 0 Å². The molecule has 3 aliphatic heterocycles. The van der Waals surface area contributed by atoms with Crippen molar-refractivity contribution >= 4 is 5.97 Å². The molecule has 1 aromatic rings. The molecule has 1 aromatic carbocycles. The van der Waals surface area contributed by atoms with Crippen LogP contribution in [-0.4, -0.2) is 59.5 Å².